The number of amides is 3. The number of aryl methyl sites for hydroxylation is 2. The maximum atomic E-state index is 12.6. The van der Waals surface area contributed by atoms with Crippen molar-refractivity contribution >= 4 is 58.1 Å². The molecule has 3 rings (SSSR count). The number of aromatic nitrogens is 1. The molecule has 7 nitrogen and oxygen atoms in total. The maximum absolute atomic E-state index is 12.6. The summed E-state index contributed by atoms with van der Waals surface area (Å²) < 4.78 is 5.08. The molecule has 1 aliphatic heterocycles. The van der Waals surface area contributed by atoms with Gasteiger partial charge in [0.25, 0.3) is 11.1 Å². The summed E-state index contributed by atoms with van der Waals surface area (Å²) in [5, 5.41) is 6.88. The van der Waals surface area contributed by atoms with Crippen molar-refractivity contribution in [3.8, 4) is 0 Å². The van der Waals surface area contributed by atoms with Crippen LogP contribution in [0.4, 0.5) is 4.79 Å². The summed E-state index contributed by atoms with van der Waals surface area (Å²) in [4.78, 5) is 38.2. The van der Waals surface area contributed by atoms with E-state index in [0.717, 1.165) is 27.9 Å². The van der Waals surface area contributed by atoms with Crippen LogP contribution in [-0.2, 0) is 16.0 Å². The van der Waals surface area contributed by atoms with Gasteiger partial charge in [-0.1, -0.05) is 40.5 Å². The molecule has 30 heavy (non-hydrogen) atoms. The summed E-state index contributed by atoms with van der Waals surface area (Å²) in [6.45, 7) is 3.89. The fourth-order valence-electron chi connectivity index (χ4n) is 2.96. The van der Waals surface area contributed by atoms with Crippen LogP contribution in [0.25, 0.3) is 6.08 Å². The summed E-state index contributed by atoms with van der Waals surface area (Å²) in [7, 11) is 0. The fraction of sp³-hybridized carbons (Fsp3) is 0.300. The lowest BCUT2D eigenvalue weighted by molar-refractivity contribution is -0.124. The molecule has 2 aromatic rings. The molecule has 1 aliphatic rings. The molecule has 10 heteroatoms. The van der Waals surface area contributed by atoms with Crippen LogP contribution in [0.15, 0.2) is 27.6 Å². The number of rotatable bonds is 7. The Morgan fingerprint density at radius 3 is 2.77 bits per heavy atom. The summed E-state index contributed by atoms with van der Waals surface area (Å²) in [5.74, 6) is 0.0962. The van der Waals surface area contributed by atoms with Crippen molar-refractivity contribution in [2.75, 3.05) is 13.1 Å². The Morgan fingerprint density at radius 1 is 1.30 bits per heavy atom. The second kappa shape index (κ2) is 9.68. The lowest BCUT2D eigenvalue weighted by Gasteiger charge is -2.13. The molecule has 1 N–H and O–H groups in total. The van der Waals surface area contributed by atoms with E-state index in [9.17, 15) is 14.4 Å². The first kappa shape index (κ1) is 22.4. The van der Waals surface area contributed by atoms with E-state index in [0.29, 0.717) is 27.8 Å². The number of halogens is 2. The molecular weight excluding hydrogens is 449 g/mol. The topological polar surface area (TPSA) is 92.5 Å². The van der Waals surface area contributed by atoms with Crippen LogP contribution >= 0.6 is 35.0 Å². The number of carbonyl (C=O) groups is 3. The molecule has 3 amide bonds. The highest BCUT2D eigenvalue weighted by Crippen LogP contribution is 2.34. The first-order valence-corrected chi connectivity index (χ1v) is 10.7. The molecule has 1 fully saturated rings. The second-order valence-electron chi connectivity index (χ2n) is 6.63. The van der Waals surface area contributed by atoms with Gasteiger partial charge in [-0.05, 0) is 49.7 Å². The highest BCUT2D eigenvalue weighted by molar-refractivity contribution is 8.18. The Balaban J connectivity index is 1.53. The average molecular weight is 468 g/mol. The molecule has 158 valence electrons. The monoisotopic (exact) mass is 467 g/mol. The Labute approximate surface area is 187 Å². The van der Waals surface area contributed by atoms with Gasteiger partial charge >= 0.3 is 0 Å². The standard InChI is InChI=1S/C20H19Cl2N3O4S/c1-11-14(12(2)29-24-11)6-7-17(26)23-8-9-25-19(27)16(30-20(25)28)10-13-4-3-5-15(21)18(13)22/h3-5,10H,6-9H2,1-2H3,(H,23,26)/b16-10-. The zero-order valence-corrected chi connectivity index (χ0v) is 18.7. The zero-order chi connectivity index (χ0) is 21.8. The van der Waals surface area contributed by atoms with Crippen LogP contribution in [0.1, 0.15) is 29.0 Å². The van der Waals surface area contributed by atoms with E-state index in [1.54, 1.807) is 31.2 Å². The van der Waals surface area contributed by atoms with Gasteiger partial charge < -0.3 is 9.84 Å². The van der Waals surface area contributed by atoms with Crippen molar-refractivity contribution in [3.05, 3.63) is 55.7 Å². The van der Waals surface area contributed by atoms with Gasteiger partial charge in [-0.2, -0.15) is 0 Å². The molecule has 1 aromatic carbocycles. The largest absolute Gasteiger partial charge is 0.361 e. The van der Waals surface area contributed by atoms with Gasteiger partial charge in [0.15, 0.2) is 0 Å². The molecule has 2 heterocycles. The second-order valence-corrected chi connectivity index (χ2v) is 8.41. The lowest BCUT2D eigenvalue weighted by atomic mass is 10.1. The summed E-state index contributed by atoms with van der Waals surface area (Å²) in [6.07, 6.45) is 2.32. The van der Waals surface area contributed by atoms with Gasteiger partial charge in [0, 0.05) is 25.1 Å². The summed E-state index contributed by atoms with van der Waals surface area (Å²) >= 11 is 13.0. The Kier molecular flexibility index (Phi) is 7.23. The molecule has 0 radical (unpaired) electrons. The van der Waals surface area contributed by atoms with Crippen molar-refractivity contribution in [3.63, 3.8) is 0 Å². The average Bonchev–Trinajstić information content (AvgIpc) is 3.16. The first-order valence-electron chi connectivity index (χ1n) is 9.15. The third-order valence-corrected chi connectivity index (χ3v) is 6.32. The number of hydrogen-bond donors (Lipinski definition) is 1. The molecule has 0 atom stereocenters. The molecule has 0 aliphatic carbocycles. The van der Waals surface area contributed by atoms with Gasteiger partial charge in [0.05, 0.1) is 20.6 Å². The minimum atomic E-state index is -0.425. The van der Waals surface area contributed by atoms with Gasteiger partial charge in [0.1, 0.15) is 5.76 Å². The highest BCUT2D eigenvalue weighted by atomic mass is 35.5. The van der Waals surface area contributed by atoms with Crippen LogP contribution in [-0.4, -0.2) is 40.2 Å². The van der Waals surface area contributed by atoms with Gasteiger partial charge in [-0.25, -0.2) is 0 Å². The smallest absolute Gasteiger partial charge is 0.293 e. The molecule has 0 saturated carbocycles. The summed E-state index contributed by atoms with van der Waals surface area (Å²) in [6, 6.07) is 5.06. The number of benzene rings is 1. The van der Waals surface area contributed by atoms with Crippen LogP contribution in [0.5, 0.6) is 0 Å². The van der Waals surface area contributed by atoms with Crippen molar-refractivity contribution < 1.29 is 18.9 Å². The number of imide groups is 1. The number of thioether (sulfide) groups is 1. The van der Waals surface area contributed by atoms with Crippen LogP contribution in [0.2, 0.25) is 10.0 Å². The van der Waals surface area contributed by atoms with E-state index in [4.69, 9.17) is 27.7 Å². The normalized spacial score (nSPS) is 15.3. The highest BCUT2D eigenvalue weighted by Gasteiger charge is 2.34. The van der Waals surface area contributed by atoms with E-state index < -0.39 is 11.1 Å². The van der Waals surface area contributed by atoms with E-state index >= 15 is 0 Å². The van der Waals surface area contributed by atoms with E-state index in [1.807, 2.05) is 6.92 Å². The first-order chi connectivity index (χ1) is 14.3. The van der Waals surface area contributed by atoms with Crippen LogP contribution in [0.3, 0.4) is 0 Å². The predicted octanol–water partition coefficient (Wildman–Crippen LogP) is 4.38. The molecule has 0 spiro atoms. The third-order valence-electron chi connectivity index (χ3n) is 4.58. The molecular formula is C20H19Cl2N3O4S. The predicted molar refractivity (Wildman–Crippen MR) is 116 cm³/mol. The zero-order valence-electron chi connectivity index (χ0n) is 16.3. The quantitative estimate of drug-likeness (QED) is 0.607. The van der Waals surface area contributed by atoms with E-state index in [2.05, 4.69) is 10.5 Å². The number of hydrogen-bond acceptors (Lipinski definition) is 6. The Bertz CT molecular complexity index is 1020. The summed E-state index contributed by atoms with van der Waals surface area (Å²) in [5.41, 5.74) is 2.24. The van der Waals surface area contributed by atoms with Crippen molar-refractivity contribution in [2.45, 2.75) is 26.7 Å². The fourth-order valence-corrected chi connectivity index (χ4v) is 4.18. The van der Waals surface area contributed by atoms with Crippen molar-refractivity contribution in [1.82, 2.24) is 15.4 Å². The molecule has 0 unspecified atom stereocenters. The molecule has 1 aromatic heterocycles. The van der Waals surface area contributed by atoms with Gasteiger partial charge in [0.2, 0.25) is 5.91 Å². The Morgan fingerprint density at radius 2 is 2.07 bits per heavy atom. The minimum Gasteiger partial charge on any atom is -0.361 e. The van der Waals surface area contributed by atoms with E-state index in [1.165, 1.54) is 0 Å². The number of nitrogens with zero attached hydrogens (tertiary/aromatic N) is 2. The minimum absolute atomic E-state index is 0.0857. The van der Waals surface area contributed by atoms with E-state index in [-0.39, 0.29) is 30.3 Å². The lowest BCUT2D eigenvalue weighted by Crippen LogP contribution is -2.37. The molecule has 1 saturated heterocycles. The van der Waals surface area contributed by atoms with Gasteiger partial charge in [-0.3, -0.25) is 19.3 Å². The third kappa shape index (κ3) is 5.06. The Hall–Kier alpha value is -2.29. The van der Waals surface area contributed by atoms with Crippen molar-refractivity contribution in [1.29, 1.82) is 0 Å². The van der Waals surface area contributed by atoms with Crippen molar-refractivity contribution in [2.24, 2.45) is 0 Å². The SMILES string of the molecule is Cc1noc(C)c1CCC(=O)NCCN1C(=O)S/C(=C\c2cccc(Cl)c2Cl)C1=O. The van der Waals surface area contributed by atoms with Crippen LogP contribution < -0.4 is 5.32 Å². The van der Waals surface area contributed by atoms with Crippen LogP contribution in [0, 0.1) is 13.8 Å². The molecule has 0 bridgehead atoms. The number of carbonyl (C=O) groups excluding carboxylic acids is 3. The maximum Gasteiger partial charge on any atom is 0.293 e. The number of nitrogens with one attached hydrogen (secondary N) is 1. The van der Waals surface area contributed by atoms with Gasteiger partial charge in [-0.15, -0.1) is 0 Å².